The molecule has 1 N–H and O–H groups in total. The zero-order valence-corrected chi connectivity index (χ0v) is 17.1. The zero-order valence-electron chi connectivity index (χ0n) is 16.2. The molecule has 1 amide bonds. The first-order valence-corrected chi connectivity index (χ1v) is 10.6. The van der Waals surface area contributed by atoms with Gasteiger partial charge in [0.2, 0.25) is 5.82 Å². The molecule has 0 radical (unpaired) electrons. The number of hydrogen-bond donors (Lipinski definition) is 1. The maximum Gasteiger partial charge on any atom is 0.291 e. The molecule has 1 unspecified atom stereocenters. The molecule has 9 heteroatoms. The van der Waals surface area contributed by atoms with Crippen LogP contribution >= 0.6 is 11.3 Å². The topological polar surface area (TPSA) is 77.6 Å². The van der Waals surface area contributed by atoms with Crippen molar-refractivity contribution in [2.75, 3.05) is 0 Å². The van der Waals surface area contributed by atoms with Crippen molar-refractivity contribution in [2.24, 2.45) is 7.05 Å². The Morgan fingerprint density at radius 1 is 1.30 bits per heavy atom. The molecule has 1 aliphatic rings. The maximum atomic E-state index is 13.8. The van der Waals surface area contributed by atoms with Gasteiger partial charge in [-0.15, -0.1) is 16.4 Å². The van der Waals surface area contributed by atoms with Gasteiger partial charge in [0.25, 0.3) is 5.91 Å². The highest BCUT2D eigenvalue weighted by Gasteiger charge is 2.27. The van der Waals surface area contributed by atoms with Gasteiger partial charge in [-0.3, -0.25) is 9.48 Å². The molecule has 3 heterocycles. The third kappa shape index (κ3) is 3.30. The average molecular weight is 422 g/mol. The Hall–Kier alpha value is -3.33. The highest BCUT2D eigenvalue weighted by atomic mass is 32.1. The fourth-order valence-corrected chi connectivity index (χ4v) is 4.54. The molecule has 152 valence electrons. The van der Waals surface area contributed by atoms with E-state index in [1.165, 1.54) is 28.2 Å². The second kappa shape index (κ2) is 7.49. The number of hydrogen-bond acceptors (Lipinski definition) is 5. The van der Waals surface area contributed by atoms with E-state index in [0.717, 1.165) is 35.4 Å². The van der Waals surface area contributed by atoms with E-state index in [1.807, 2.05) is 35.4 Å². The van der Waals surface area contributed by atoms with Crippen molar-refractivity contribution in [2.45, 2.75) is 25.3 Å². The third-order valence-electron chi connectivity index (χ3n) is 5.29. The lowest BCUT2D eigenvalue weighted by Gasteiger charge is -2.23. The van der Waals surface area contributed by atoms with Crippen LogP contribution in [0.5, 0.6) is 0 Å². The van der Waals surface area contributed by atoms with E-state index in [1.54, 1.807) is 12.1 Å². The van der Waals surface area contributed by atoms with E-state index >= 15 is 0 Å². The number of aryl methyl sites for hydroxylation is 1. The Morgan fingerprint density at radius 3 is 3.00 bits per heavy atom. The fraction of sp³-hybridized carbons (Fsp3) is 0.238. The minimum atomic E-state index is -0.377. The van der Waals surface area contributed by atoms with Gasteiger partial charge in [0.15, 0.2) is 5.82 Å². The number of thiophene rings is 1. The van der Waals surface area contributed by atoms with Crippen molar-refractivity contribution in [1.82, 2.24) is 29.9 Å². The van der Waals surface area contributed by atoms with Gasteiger partial charge in [-0.05, 0) is 48.9 Å². The zero-order chi connectivity index (χ0) is 20.7. The van der Waals surface area contributed by atoms with Crippen LogP contribution in [0.4, 0.5) is 4.39 Å². The van der Waals surface area contributed by atoms with Crippen LogP contribution in [-0.2, 0) is 13.5 Å². The van der Waals surface area contributed by atoms with Crippen LogP contribution < -0.4 is 5.32 Å². The summed E-state index contributed by atoms with van der Waals surface area (Å²) < 4.78 is 17.2. The number of nitrogens with zero attached hydrogens (tertiary/aromatic N) is 5. The summed E-state index contributed by atoms with van der Waals surface area (Å²) in [6, 6.07) is 9.76. The Labute approximate surface area is 176 Å². The molecule has 1 aromatic carbocycles. The van der Waals surface area contributed by atoms with Crippen molar-refractivity contribution in [3.63, 3.8) is 0 Å². The molecule has 0 bridgehead atoms. The van der Waals surface area contributed by atoms with E-state index in [-0.39, 0.29) is 23.6 Å². The van der Waals surface area contributed by atoms with Gasteiger partial charge >= 0.3 is 0 Å². The molecule has 0 spiro atoms. The Kier molecular flexibility index (Phi) is 4.66. The summed E-state index contributed by atoms with van der Waals surface area (Å²) in [7, 11) is 1.92. The first kappa shape index (κ1) is 18.7. The van der Waals surface area contributed by atoms with Gasteiger partial charge in [-0.1, -0.05) is 12.1 Å². The Balaban J connectivity index is 1.49. The summed E-state index contributed by atoms with van der Waals surface area (Å²) in [5.41, 5.74) is 2.70. The standard InChI is InChI=1S/C21H19FN6OS/c1-27-17-8-3-7-16(15(17)12-23-27)24-21(29)19-25-20(18-9-4-10-30-18)28(26-19)14-6-2-5-13(22)11-14/h2,4-6,9-12,16H,3,7-8H2,1H3,(H,24,29). The summed E-state index contributed by atoms with van der Waals surface area (Å²) in [5.74, 6) is -0.174. The number of benzene rings is 1. The molecule has 1 atom stereocenters. The number of carbonyl (C=O) groups is 1. The lowest BCUT2D eigenvalue weighted by atomic mass is 9.93. The number of rotatable bonds is 4. The normalized spacial score (nSPS) is 15.7. The fourth-order valence-electron chi connectivity index (χ4n) is 3.84. The third-order valence-corrected chi connectivity index (χ3v) is 6.15. The summed E-state index contributed by atoms with van der Waals surface area (Å²) in [6.45, 7) is 0. The minimum Gasteiger partial charge on any atom is -0.342 e. The molecule has 4 aromatic rings. The van der Waals surface area contributed by atoms with Crippen LogP contribution in [0, 0.1) is 5.82 Å². The molecular weight excluding hydrogens is 403 g/mol. The van der Waals surface area contributed by atoms with Crippen LogP contribution in [0.1, 0.15) is 40.8 Å². The largest absolute Gasteiger partial charge is 0.342 e. The molecule has 1 aliphatic carbocycles. The number of amides is 1. The van der Waals surface area contributed by atoms with Crippen molar-refractivity contribution >= 4 is 17.2 Å². The van der Waals surface area contributed by atoms with Gasteiger partial charge in [-0.2, -0.15) is 5.10 Å². The number of carbonyl (C=O) groups excluding carboxylic acids is 1. The van der Waals surface area contributed by atoms with Crippen LogP contribution in [-0.4, -0.2) is 30.5 Å². The van der Waals surface area contributed by atoms with E-state index in [2.05, 4.69) is 20.5 Å². The second-order valence-corrected chi connectivity index (χ2v) is 8.16. The van der Waals surface area contributed by atoms with Gasteiger partial charge in [0.05, 0.1) is 22.8 Å². The molecule has 0 aliphatic heterocycles. The first-order valence-electron chi connectivity index (χ1n) is 9.68. The lowest BCUT2D eigenvalue weighted by Crippen LogP contribution is -2.31. The monoisotopic (exact) mass is 422 g/mol. The summed E-state index contributed by atoms with van der Waals surface area (Å²) in [4.78, 5) is 18.4. The molecule has 3 aromatic heterocycles. The van der Waals surface area contributed by atoms with Crippen molar-refractivity contribution in [3.8, 4) is 16.4 Å². The van der Waals surface area contributed by atoms with Gasteiger partial charge in [0, 0.05) is 18.3 Å². The highest BCUT2D eigenvalue weighted by molar-refractivity contribution is 7.13. The van der Waals surface area contributed by atoms with Crippen LogP contribution in [0.2, 0.25) is 0 Å². The van der Waals surface area contributed by atoms with Crippen molar-refractivity contribution in [3.05, 3.63) is 70.9 Å². The highest BCUT2D eigenvalue weighted by Crippen LogP contribution is 2.30. The molecule has 5 rings (SSSR count). The summed E-state index contributed by atoms with van der Waals surface area (Å²) in [6.07, 6.45) is 4.58. The van der Waals surface area contributed by atoms with Crippen molar-refractivity contribution < 1.29 is 9.18 Å². The molecule has 0 saturated heterocycles. The predicted octanol–water partition coefficient (Wildman–Crippen LogP) is 3.68. The smallest absolute Gasteiger partial charge is 0.291 e. The van der Waals surface area contributed by atoms with E-state index in [9.17, 15) is 9.18 Å². The van der Waals surface area contributed by atoms with E-state index < -0.39 is 0 Å². The van der Waals surface area contributed by atoms with Gasteiger partial charge < -0.3 is 5.32 Å². The average Bonchev–Trinajstić information content (AvgIpc) is 3.48. The summed E-state index contributed by atoms with van der Waals surface area (Å²) >= 11 is 1.48. The SMILES string of the molecule is Cn1ncc2c1CCCC2NC(=O)c1nc(-c2cccs2)n(-c2cccc(F)c2)n1. The van der Waals surface area contributed by atoms with Gasteiger partial charge in [-0.25, -0.2) is 14.1 Å². The molecule has 30 heavy (non-hydrogen) atoms. The Bertz CT molecular complexity index is 1210. The van der Waals surface area contributed by atoms with Crippen LogP contribution in [0.15, 0.2) is 48.0 Å². The molecule has 0 fully saturated rings. The number of halogens is 1. The second-order valence-electron chi connectivity index (χ2n) is 7.22. The summed E-state index contributed by atoms with van der Waals surface area (Å²) in [5, 5.41) is 13.7. The molecular formula is C21H19FN6OS. The van der Waals surface area contributed by atoms with Crippen LogP contribution in [0.3, 0.4) is 0 Å². The minimum absolute atomic E-state index is 0.0543. The molecule has 0 saturated carbocycles. The Morgan fingerprint density at radius 2 is 2.20 bits per heavy atom. The van der Waals surface area contributed by atoms with Crippen LogP contribution in [0.25, 0.3) is 16.4 Å². The number of nitrogens with one attached hydrogen (secondary N) is 1. The maximum absolute atomic E-state index is 13.8. The number of aromatic nitrogens is 5. The van der Waals surface area contributed by atoms with E-state index in [0.29, 0.717) is 11.5 Å². The predicted molar refractivity (Wildman–Crippen MR) is 111 cm³/mol. The van der Waals surface area contributed by atoms with E-state index in [4.69, 9.17) is 0 Å². The molecule has 7 nitrogen and oxygen atoms in total. The van der Waals surface area contributed by atoms with Gasteiger partial charge in [0.1, 0.15) is 5.82 Å². The number of fused-ring (bicyclic) bond motifs is 1. The quantitative estimate of drug-likeness (QED) is 0.544. The van der Waals surface area contributed by atoms with Crippen molar-refractivity contribution in [1.29, 1.82) is 0 Å². The lowest BCUT2D eigenvalue weighted by molar-refractivity contribution is 0.0922. The first-order chi connectivity index (χ1) is 14.6.